The van der Waals surface area contributed by atoms with E-state index in [0.29, 0.717) is 26.2 Å². The van der Waals surface area contributed by atoms with Gasteiger partial charge in [-0.05, 0) is 37.0 Å². The number of ether oxygens (including phenoxy) is 2. The average Bonchev–Trinajstić information content (AvgIpc) is 3.12. The van der Waals surface area contributed by atoms with Crippen molar-refractivity contribution in [2.45, 2.75) is 31.7 Å². The number of fused-ring (bicyclic) bond motifs is 1. The third-order valence-corrected chi connectivity index (χ3v) is 5.50. The van der Waals surface area contributed by atoms with E-state index in [2.05, 4.69) is 0 Å². The van der Waals surface area contributed by atoms with Crippen molar-refractivity contribution < 1.29 is 19.1 Å². The van der Waals surface area contributed by atoms with Crippen molar-refractivity contribution in [1.29, 1.82) is 0 Å². The maximum Gasteiger partial charge on any atom is 0.226 e. The highest BCUT2D eigenvalue weighted by Crippen LogP contribution is 2.39. The average molecular weight is 344 g/mol. The molecule has 0 unspecified atom stereocenters. The lowest BCUT2D eigenvalue weighted by Crippen LogP contribution is -2.43. The summed E-state index contributed by atoms with van der Waals surface area (Å²) in [5.41, 5.74) is 1.09. The first-order valence-corrected chi connectivity index (χ1v) is 9.07. The molecule has 0 N–H and O–H groups in total. The zero-order valence-electron chi connectivity index (χ0n) is 14.6. The van der Waals surface area contributed by atoms with Gasteiger partial charge in [-0.2, -0.15) is 0 Å². The number of benzene rings is 1. The Kier molecular flexibility index (Phi) is 4.27. The maximum absolute atomic E-state index is 13.0. The zero-order valence-corrected chi connectivity index (χ0v) is 14.6. The number of piperidine rings is 1. The topological polar surface area (TPSA) is 59.1 Å². The fraction of sp³-hybridized carbons (Fsp3) is 0.579. The number of carbonyl (C=O) groups is 2. The molecule has 3 aliphatic heterocycles. The highest BCUT2D eigenvalue weighted by Gasteiger charge is 2.37. The molecule has 134 valence electrons. The summed E-state index contributed by atoms with van der Waals surface area (Å²) in [6.45, 7) is 2.56. The first-order valence-electron chi connectivity index (χ1n) is 9.07. The van der Waals surface area contributed by atoms with Crippen LogP contribution in [0.1, 0.15) is 37.3 Å². The number of hydrogen-bond donors (Lipinski definition) is 0. The van der Waals surface area contributed by atoms with Crippen LogP contribution in [0.4, 0.5) is 0 Å². The maximum atomic E-state index is 13.0. The number of amides is 2. The molecule has 25 heavy (non-hydrogen) atoms. The highest BCUT2D eigenvalue weighted by molar-refractivity contribution is 5.87. The molecule has 6 heteroatoms. The summed E-state index contributed by atoms with van der Waals surface area (Å²) in [5.74, 6) is 1.55. The Labute approximate surface area is 147 Å². The molecule has 0 spiro atoms. The van der Waals surface area contributed by atoms with E-state index in [1.165, 1.54) is 0 Å². The molecule has 2 atom stereocenters. The molecule has 4 rings (SSSR count). The largest absolute Gasteiger partial charge is 0.486 e. The van der Waals surface area contributed by atoms with Gasteiger partial charge in [-0.3, -0.25) is 9.59 Å². The second-order valence-corrected chi connectivity index (χ2v) is 7.10. The normalized spacial score (nSPS) is 26.0. The van der Waals surface area contributed by atoms with Crippen LogP contribution in [-0.4, -0.2) is 55.0 Å². The van der Waals surface area contributed by atoms with Gasteiger partial charge in [0.15, 0.2) is 11.5 Å². The Morgan fingerprint density at radius 1 is 1.12 bits per heavy atom. The van der Waals surface area contributed by atoms with Gasteiger partial charge in [-0.1, -0.05) is 6.07 Å². The molecule has 0 saturated carbocycles. The lowest BCUT2D eigenvalue weighted by molar-refractivity contribution is -0.145. The van der Waals surface area contributed by atoms with E-state index >= 15 is 0 Å². The van der Waals surface area contributed by atoms with Crippen molar-refractivity contribution >= 4 is 11.8 Å². The second kappa shape index (κ2) is 6.58. The van der Waals surface area contributed by atoms with Crippen LogP contribution in [0.3, 0.4) is 0 Å². The van der Waals surface area contributed by atoms with Gasteiger partial charge >= 0.3 is 0 Å². The van der Waals surface area contributed by atoms with Crippen molar-refractivity contribution in [2.75, 3.05) is 33.4 Å². The number of likely N-dealkylation sites (tertiary alicyclic amines) is 2. The van der Waals surface area contributed by atoms with Crippen molar-refractivity contribution in [1.82, 2.24) is 9.80 Å². The van der Waals surface area contributed by atoms with Crippen molar-refractivity contribution in [3.05, 3.63) is 23.8 Å². The van der Waals surface area contributed by atoms with Crippen molar-refractivity contribution in [2.24, 2.45) is 5.92 Å². The summed E-state index contributed by atoms with van der Waals surface area (Å²) in [4.78, 5) is 28.7. The van der Waals surface area contributed by atoms with Crippen molar-refractivity contribution in [3.63, 3.8) is 0 Å². The van der Waals surface area contributed by atoms with Gasteiger partial charge in [0.1, 0.15) is 13.2 Å². The number of nitrogens with zero attached hydrogens (tertiary/aromatic N) is 2. The molecule has 1 aromatic rings. The van der Waals surface area contributed by atoms with E-state index in [4.69, 9.17) is 9.47 Å². The molecule has 0 bridgehead atoms. The minimum Gasteiger partial charge on any atom is -0.486 e. The number of hydrogen-bond acceptors (Lipinski definition) is 4. The van der Waals surface area contributed by atoms with E-state index in [-0.39, 0.29) is 23.8 Å². The fourth-order valence-corrected chi connectivity index (χ4v) is 4.03. The van der Waals surface area contributed by atoms with Gasteiger partial charge in [0.2, 0.25) is 11.8 Å². The predicted molar refractivity (Wildman–Crippen MR) is 91.5 cm³/mol. The van der Waals surface area contributed by atoms with Gasteiger partial charge in [-0.15, -0.1) is 0 Å². The standard InChI is InChI=1S/C19H24N2O4/c1-20-8-6-14(12-18(20)22)19(23)21-7-2-3-15(21)13-4-5-16-17(11-13)25-10-9-24-16/h4-5,11,14-15H,2-3,6-10,12H2,1H3/t14-,15+/m0/s1. The molecule has 0 radical (unpaired) electrons. The van der Waals surface area contributed by atoms with Crippen LogP contribution in [0.5, 0.6) is 11.5 Å². The van der Waals surface area contributed by atoms with Crippen LogP contribution >= 0.6 is 0 Å². The van der Waals surface area contributed by atoms with Crippen molar-refractivity contribution in [3.8, 4) is 11.5 Å². The van der Waals surface area contributed by atoms with Gasteiger partial charge in [-0.25, -0.2) is 0 Å². The monoisotopic (exact) mass is 344 g/mol. The van der Waals surface area contributed by atoms with Gasteiger partial charge < -0.3 is 19.3 Å². The SMILES string of the molecule is CN1CC[C@H](C(=O)N2CCC[C@@H]2c2ccc3c(c2)OCCO3)CC1=O. The van der Waals surface area contributed by atoms with E-state index in [9.17, 15) is 9.59 Å². The van der Waals surface area contributed by atoms with Crippen LogP contribution in [0.15, 0.2) is 18.2 Å². The Bertz CT molecular complexity index is 690. The molecule has 3 heterocycles. The minimum atomic E-state index is -0.179. The Balaban J connectivity index is 1.52. The molecular weight excluding hydrogens is 320 g/mol. The molecule has 1 aromatic carbocycles. The molecular formula is C19H24N2O4. The third kappa shape index (κ3) is 3.05. The van der Waals surface area contributed by atoms with Crippen LogP contribution in [0, 0.1) is 5.92 Å². The quantitative estimate of drug-likeness (QED) is 0.823. The number of carbonyl (C=O) groups excluding carboxylic acids is 2. The van der Waals surface area contributed by atoms with E-state index in [1.54, 1.807) is 11.9 Å². The van der Waals surface area contributed by atoms with Crippen LogP contribution in [0.2, 0.25) is 0 Å². The van der Waals surface area contributed by atoms with Gasteiger partial charge in [0.05, 0.1) is 6.04 Å². The Morgan fingerprint density at radius 3 is 2.72 bits per heavy atom. The van der Waals surface area contributed by atoms with Gasteiger partial charge in [0.25, 0.3) is 0 Å². The molecule has 0 aromatic heterocycles. The summed E-state index contributed by atoms with van der Waals surface area (Å²) in [6, 6.07) is 6.04. The van der Waals surface area contributed by atoms with E-state index in [0.717, 1.165) is 42.9 Å². The predicted octanol–water partition coefficient (Wildman–Crippen LogP) is 1.99. The summed E-state index contributed by atoms with van der Waals surface area (Å²) < 4.78 is 11.3. The zero-order chi connectivity index (χ0) is 17.4. The van der Waals surface area contributed by atoms with Crippen LogP contribution in [0.25, 0.3) is 0 Å². The second-order valence-electron chi connectivity index (χ2n) is 7.10. The van der Waals surface area contributed by atoms with E-state index in [1.807, 2.05) is 23.1 Å². The third-order valence-electron chi connectivity index (χ3n) is 5.50. The first-order chi connectivity index (χ1) is 12.1. The first kappa shape index (κ1) is 16.2. The lowest BCUT2D eigenvalue weighted by Gasteiger charge is -2.33. The van der Waals surface area contributed by atoms with E-state index < -0.39 is 0 Å². The lowest BCUT2D eigenvalue weighted by atomic mass is 9.94. The minimum absolute atomic E-state index is 0.0677. The molecule has 2 fully saturated rings. The summed E-state index contributed by atoms with van der Waals surface area (Å²) in [6.07, 6.45) is 3.03. The molecule has 6 nitrogen and oxygen atoms in total. The van der Waals surface area contributed by atoms with Gasteiger partial charge in [0, 0.05) is 32.5 Å². The molecule has 2 amide bonds. The Hall–Kier alpha value is -2.24. The molecule has 0 aliphatic carbocycles. The summed E-state index contributed by atoms with van der Waals surface area (Å²) in [7, 11) is 1.80. The summed E-state index contributed by atoms with van der Waals surface area (Å²) in [5, 5.41) is 0. The highest BCUT2D eigenvalue weighted by atomic mass is 16.6. The smallest absolute Gasteiger partial charge is 0.226 e. The Morgan fingerprint density at radius 2 is 1.92 bits per heavy atom. The molecule has 2 saturated heterocycles. The summed E-state index contributed by atoms with van der Waals surface area (Å²) >= 11 is 0. The van der Waals surface area contributed by atoms with Crippen LogP contribution in [-0.2, 0) is 9.59 Å². The van der Waals surface area contributed by atoms with Crippen LogP contribution < -0.4 is 9.47 Å². The molecule has 3 aliphatic rings. The number of rotatable bonds is 2. The fourth-order valence-electron chi connectivity index (χ4n) is 4.03.